The normalized spacial score (nSPS) is 10.4. The summed E-state index contributed by atoms with van der Waals surface area (Å²) in [7, 11) is 0. The Balaban J connectivity index is 1.56. The molecule has 2 amide bonds. The van der Waals surface area contributed by atoms with Crippen molar-refractivity contribution in [1.82, 2.24) is 4.98 Å². The lowest BCUT2D eigenvalue weighted by Gasteiger charge is -2.07. The van der Waals surface area contributed by atoms with Crippen LogP contribution in [0.3, 0.4) is 0 Å². The van der Waals surface area contributed by atoms with Gasteiger partial charge < -0.3 is 20.2 Å². The number of anilines is 1. The van der Waals surface area contributed by atoms with Crippen LogP contribution in [0.4, 0.5) is 5.69 Å². The molecule has 0 unspecified atom stereocenters. The summed E-state index contributed by atoms with van der Waals surface area (Å²) in [5.74, 6) is -1.72. The lowest BCUT2D eigenvalue weighted by molar-refractivity contribution is -0.119. The number of hydrogen-bond acceptors (Lipinski definition) is 6. The van der Waals surface area contributed by atoms with Crippen LogP contribution >= 0.6 is 0 Å². The first-order chi connectivity index (χ1) is 12.0. The molecule has 2 aromatic carbocycles. The van der Waals surface area contributed by atoms with Gasteiger partial charge in [-0.05, 0) is 42.5 Å². The summed E-state index contributed by atoms with van der Waals surface area (Å²) >= 11 is 0. The Morgan fingerprint density at radius 1 is 1.08 bits per heavy atom. The highest BCUT2D eigenvalue weighted by Crippen LogP contribution is 2.15. The number of benzene rings is 2. The van der Waals surface area contributed by atoms with Crippen molar-refractivity contribution in [3.63, 3.8) is 0 Å². The molecular formula is C17H13N3O5. The van der Waals surface area contributed by atoms with E-state index >= 15 is 0 Å². The molecular weight excluding hydrogens is 326 g/mol. The number of amides is 2. The lowest BCUT2D eigenvalue weighted by atomic mass is 10.2. The average molecular weight is 339 g/mol. The van der Waals surface area contributed by atoms with E-state index in [0.717, 1.165) is 0 Å². The molecule has 0 aliphatic carbocycles. The smallest absolute Gasteiger partial charge is 0.338 e. The second-order valence-electron chi connectivity index (χ2n) is 5.10. The summed E-state index contributed by atoms with van der Waals surface area (Å²) < 4.78 is 10.1. The largest absolute Gasteiger partial charge is 0.452 e. The Bertz CT molecular complexity index is 946. The number of oxazole rings is 1. The Kier molecular flexibility index (Phi) is 4.42. The zero-order valence-electron chi connectivity index (χ0n) is 12.9. The third-order valence-electron chi connectivity index (χ3n) is 3.35. The number of aromatic nitrogens is 1. The van der Waals surface area contributed by atoms with Crippen LogP contribution in [0.5, 0.6) is 0 Å². The topological polar surface area (TPSA) is 125 Å². The van der Waals surface area contributed by atoms with Crippen molar-refractivity contribution in [2.24, 2.45) is 5.73 Å². The second kappa shape index (κ2) is 6.83. The fourth-order valence-electron chi connectivity index (χ4n) is 2.11. The van der Waals surface area contributed by atoms with Crippen LogP contribution in [-0.4, -0.2) is 29.4 Å². The predicted molar refractivity (Wildman–Crippen MR) is 87.9 cm³/mol. The Hall–Kier alpha value is -3.68. The molecule has 3 N–H and O–H groups in total. The van der Waals surface area contributed by atoms with Crippen molar-refractivity contribution < 1.29 is 23.5 Å². The molecule has 1 aromatic heterocycles. The van der Waals surface area contributed by atoms with Gasteiger partial charge in [0.15, 0.2) is 18.6 Å². The molecule has 0 aliphatic heterocycles. The highest BCUT2D eigenvalue weighted by atomic mass is 16.5. The van der Waals surface area contributed by atoms with E-state index in [1.54, 1.807) is 6.07 Å². The molecule has 0 aliphatic rings. The summed E-state index contributed by atoms with van der Waals surface area (Å²) in [4.78, 5) is 38.7. The molecule has 3 aromatic rings. The van der Waals surface area contributed by atoms with Crippen LogP contribution in [-0.2, 0) is 9.53 Å². The van der Waals surface area contributed by atoms with Crippen LogP contribution in [0.1, 0.15) is 20.7 Å². The molecule has 25 heavy (non-hydrogen) atoms. The number of rotatable bonds is 5. The van der Waals surface area contributed by atoms with Gasteiger partial charge in [0.05, 0.1) is 5.56 Å². The number of carbonyl (C=O) groups excluding carboxylic acids is 3. The standard InChI is InChI=1S/C17H13N3O5/c18-16(22)10-1-4-12(5-2-10)20-15(21)8-24-17(23)11-3-6-14-13(7-11)19-9-25-14/h1-7,9H,8H2,(H2,18,22)(H,20,21). The molecule has 8 nitrogen and oxygen atoms in total. The lowest BCUT2D eigenvalue weighted by Crippen LogP contribution is -2.21. The molecule has 0 fully saturated rings. The van der Waals surface area contributed by atoms with E-state index in [1.165, 1.54) is 42.8 Å². The van der Waals surface area contributed by atoms with Gasteiger partial charge in [-0.3, -0.25) is 9.59 Å². The first-order valence-electron chi connectivity index (χ1n) is 7.23. The number of nitrogens with one attached hydrogen (secondary N) is 1. The number of ether oxygens (including phenoxy) is 1. The Morgan fingerprint density at radius 3 is 2.52 bits per heavy atom. The molecule has 1 heterocycles. The van der Waals surface area contributed by atoms with Gasteiger partial charge >= 0.3 is 5.97 Å². The van der Waals surface area contributed by atoms with E-state index in [0.29, 0.717) is 22.4 Å². The number of primary amides is 1. The summed E-state index contributed by atoms with van der Waals surface area (Å²) in [6, 6.07) is 10.7. The van der Waals surface area contributed by atoms with Crippen LogP contribution in [0, 0.1) is 0 Å². The molecule has 8 heteroatoms. The first kappa shape index (κ1) is 16.2. The minimum Gasteiger partial charge on any atom is -0.452 e. The maximum absolute atomic E-state index is 12.0. The average Bonchev–Trinajstić information content (AvgIpc) is 3.07. The summed E-state index contributed by atoms with van der Waals surface area (Å²) in [5.41, 5.74) is 7.25. The monoisotopic (exact) mass is 339 g/mol. The van der Waals surface area contributed by atoms with Gasteiger partial charge in [0, 0.05) is 11.3 Å². The van der Waals surface area contributed by atoms with Gasteiger partial charge in [0.2, 0.25) is 5.91 Å². The van der Waals surface area contributed by atoms with Gasteiger partial charge in [-0.15, -0.1) is 0 Å². The van der Waals surface area contributed by atoms with Gasteiger partial charge in [-0.25, -0.2) is 9.78 Å². The van der Waals surface area contributed by atoms with Crippen molar-refractivity contribution in [1.29, 1.82) is 0 Å². The fourth-order valence-corrected chi connectivity index (χ4v) is 2.11. The highest BCUT2D eigenvalue weighted by molar-refractivity contribution is 5.97. The van der Waals surface area contributed by atoms with Gasteiger partial charge in [0.1, 0.15) is 5.52 Å². The highest BCUT2D eigenvalue weighted by Gasteiger charge is 2.12. The molecule has 0 atom stereocenters. The quantitative estimate of drug-likeness (QED) is 0.682. The van der Waals surface area contributed by atoms with E-state index in [1.807, 2.05) is 0 Å². The summed E-state index contributed by atoms with van der Waals surface area (Å²) in [6.07, 6.45) is 1.27. The molecule has 0 radical (unpaired) electrons. The molecule has 126 valence electrons. The molecule has 0 saturated carbocycles. The maximum atomic E-state index is 12.0. The van der Waals surface area contributed by atoms with Gasteiger partial charge in [-0.2, -0.15) is 0 Å². The number of fused-ring (bicyclic) bond motifs is 1. The minimum absolute atomic E-state index is 0.264. The fraction of sp³-hybridized carbons (Fsp3) is 0.0588. The van der Waals surface area contributed by atoms with E-state index in [2.05, 4.69) is 10.3 Å². The summed E-state index contributed by atoms with van der Waals surface area (Å²) in [5, 5.41) is 2.54. The maximum Gasteiger partial charge on any atom is 0.338 e. The van der Waals surface area contributed by atoms with E-state index < -0.39 is 24.4 Å². The molecule has 0 saturated heterocycles. The zero-order valence-corrected chi connectivity index (χ0v) is 12.9. The number of nitrogens with zero attached hydrogens (tertiary/aromatic N) is 1. The number of hydrogen-bond donors (Lipinski definition) is 2. The second-order valence-corrected chi connectivity index (χ2v) is 5.10. The van der Waals surface area contributed by atoms with Gasteiger partial charge in [-0.1, -0.05) is 0 Å². The molecule has 0 spiro atoms. The zero-order chi connectivity index (χ0) is 17.8. The van der Waals surface area contributed by atoms with E-state index in [-0.39, 0.29) is 5.56 Å². The van der Waals surface area contributed by atoms with Crippen LogP contribution in [0.15, 0.2) is 53.3 Å². The van der Waals surface area contributed by atoms with Crippen LogP contribution in [0.25, 0.3) is 11.1 Å². The van der Waals surface area contributed by atoms with Crippen LogP contribution in [0.2, 0.25) is 0 Å². The molecule has 3 rings (SSSR count). The number of carbonyl (C=O) groups is 3. The minimum atomic E-state index is -0.649. The predicted octanol–water partition coefficient (Wildman–Crippen LogP) is 1.72. The molecule has 0 bridgehead atoms. The third-order valence-corrected chi connectivity index (χ3v) is 3.35. The van der Waals surface area contributed by atoms with Crippen molar-refractivity contribution in [2.45, 2.75) is 0 Å². The third kappa shape index (κ3) is 3.81. The first-order valence-corrected chi connectivity index (χ1v) is 7.23. The number of esters is 1. The van der Waals surface area contributed by atoms with Crippen molar-refractivity contribution >= 4 is 34.6 Å². The van der Waals surface area contributed by atoms with E-state index in [4.69, 9.17) is 14.9 Å². The van der Waals surface area contributed by atoms with Crippen molar-refractivity contribution in [2.75, 3.05) is 11.9 Å². The Morgan fingerprint density at radius 2 is 1.80 bits per heavy atom. The van der Waals surface area contributed by atoms with Crippen molar-refractivity contribution in [3.05, 3.63) is 60.0 Å². The van der Waals surface area contributed by atoms with Crippen molar-refractivity contribution in [3.8, 4) is 0 Å². The van der Waals surface area contributed by atoms with Gasteiger partial charge in [0.25, 0.3) is 5.91 Å². The number of nitrogens with two attached hydrogens (primary N) is 1. The van der Waals surface area contributed by atoms with E-state index in [9.17, 15) is 14.4 Å². The van der Waals surface area contributed by atoms with Crippen LogP contribution < -0.4 is 11.1 Å². The SMILES string of the molecule is NC(=O)c1ccc(NC(=O)COC(=O)c2ccc3ocnc3c2)cc1. The summed E-state index contributed by atoms with van der Waals surface area (Å²) in [6.45, 7) is -0.451. The Labute approximate surface area is 141 Å².